The molecule has 0 bridgehead atoms. The summed E-state index contributed by atoms with van der Waals surface area (Å²) in [6.45, 7) is 8.34. The molecule has 0 aromatic heterocycles. The van der Waals surface area contributed by atoms with Crippen LogP contribution in [0.4, 0.5) is 5.69 Å². The molecule has 5 nitrogen and oxygen atoms in total. The summed E-state index contributed by atoms with van der Waals surface area (Å²) < 4.78 is 17.5. The number of rotatable bonds is 7. The molecular weight excluding hydrogens is 390 g/mol. The van der Waals surface area contributed by atoms with E-state index in [1.54, 1.807) is 6.07 Å². The summed E-state index contributed by atoms with van der Waals surface area (Å²) in [5, 5.41) is 2.88. The lowest BCUT2D eigenvalue weighted by molar-refractivity contribution is -0.111. The van der Waals surface area contributed by atoms with E-state index in [0.29, 0.717) is 30.4 Å². The Morgan fingerprint density at radius 3 is 2.58 bits per heavy atom. The molecule has 1 aliphatic heterocycles. The third-order valence-electron chi connectivity index (χ3n) is 5.49. The lowest BCUT2D eigenvalue weighted by atomic mass is 9.87. The first-order chi connectivity index (χ1) is 14.9. The van der Waals surface area contributed by atoms with E-state index in [1.807, 2.05) is 30.3 Å². The van der Waals surface area contributed by atoms with Gasteiger partial charge in [0.15, 0.2) is 17.6 Å². The summed E-state index contributed by atoms with van der Waals surface area (Å²) in [7, 11) is 0. The number of carbonyl (C=O) groups is 1. The summed E-state index contributed by atoms with van der Waals surface area (Å²) in [4.78, 5) is 12.3. The van der Waals surface area contributed by atoms with E-state index in [4.69, 9.17) is 14.2 Å². The number of hydrogen-bond acceptors (Lipinski definition) is 4. The predicted molar refractivity (Wildman–Crippen MR) is 123 cm³/mol. The summed E-state index contributed by atoms with van der Waals surface area (Å²) >= 11 is 0. The molecule has 5 heteroatoms. The van der Waals surface area contributed by atoms with Gasteiger partial charge < -0.3 is 19.5 Å². The Morgan fingerprint density at radius 1 is 1.10 bits per heavy atom. The van der Waals surface area contributed by atoms with Crippen molar-refractivity contribution in [1.29, 1.82) is 0 Å². The zero-order chi connectivity index (χ0) is 21.8. The van der Waals surface area contributed by atoms with Crippen molar-refractivity contribution in [3.05, 3.63) is 59.7 Å². The van der Waals surface area contributed by atoms with Gasteiger partial charge in [0.1, 0.15) is 6.61 Å². The molecule has 1 saturated carbocycles. The molecule has 0 unspecified atom stereocenters. The number of hydrogen-bond donors (Lipinski definition) is 1. The maximum absolute atomic E-state index is 12.3. The van der Waals surface area contributed by atoms with Gasteiger partial charge >= 0.3 is 0 Å². The van der Waals surface area contributed by atoms with E-state index in [0.717, 1.165) is 18.1 Å². The maximum atomic E-state index is 12.3. The van der Waals surface area contributed by atoms with Crippen molar-refractivity contribution in [3.63, 3.8) is 0 Å². The number of carbonyl (C=O) groups excluding carboxylic acids is 1. The van der Waals surface area contributed by atoms with Crippen LogP contribution in [0.2, 0.25) is 0 Å². The number of nitrogens with one attached hydrogen (secondary N) is 1. The number of amides is 1. The Balaban J connectivity index is 1.29. The minimum atomic E-state index is -0.192. The van der Waals surface area contributed by atoms with Gasteiger partial charge in [0, 0.05) is 24.4 Å². The minimum absolute atomic E-state index is 0.0979. The second-order valence-corrected chi connectivity index (χ2v) is 9.39. The van der Waals surface area contributed by atoms with E-state index >= 15 is 0 Å². The van der Waals surface area contributed by atoms with E-state index in [-0.39, 0.29) is 17.4 Å². The molecule has 4 rings (SSSR count). The zero-order valence-corrected chi connectivity index (χ0v) is 18.5. The smallest absolute Gasteiger partial charge is 0.248 e. The molecular formula is C26H31NO4. The Hall–Kier alpha value is -2.79. The first-order valence-electron chi connectivity index (χ1n) is 11.0. The lowest BCUT2D eigenvalue weighted by Gasteiger charge is -2.26. The Kier molecular flexibility index (Phi) is 6.33. The highest BCUT2D eigenvalue weighted by molar-refractivity contribution is 6.02. The topological polar surface area (TPSA) is 56.8 Å². The number of anilines is 1. The monoisotopic (exact) mass is 421 g/mol. The van der Waals surface area contributed by atoms with Crippen molar-refractivity contribution in [1.82, 2.24) is 0 Å². The zero-order valence-electron chi connectivity index (χ0n) is 18.5. The van der Waals surface area contributed by atoms with Crippen molar-refractivity contribution in [2.45, 2.75) is 45.1 Å². The first kappa shape index (κ1) is 21.4. The van der Waals surface area contributed by atoms with Crippen LogP contribution in [0.25, 0.3) is 6.08 Å². The largest absolute Gasteiger partial charge is 0.486 e. The van der Waals surface area contributed by atoms with Crippen molar-refractivity contribution in [3.8, 4) is 11.5 Å². The number of fused-ring (bicyclic) bond motifs is 1. The van der Waals surface area contributed by atoms with Gasteiger partial charge in [-0.15, -0.1) is 0 Å². The van der Waals surface area contributed by atoms with Crippen LogP contribution in [-0.4, -0.2) is 31.8 Å². The summed E-state index contributed by atoms with van der Waals surface area (Å²) in [5.74, 6) is 1.86. The van der Waals surface area contributed by atoms with Crippen LogP contribution in [0.15, 0.2) is 48.5 Å². The predicted octanol–water partition coefficient (Wildman–Crippen LogP) is 5.20. The van der Waals surface area contributed by atoms with Crippen molar-refractivity contribution in [2.75, 3.05) is 25.1 Å². The van der Waals surface area contributed by atoms with Gasteiger partial charge in [0.25, 0.3) is 0 Å². The molecule has 31 heavy (non-hydrogen) atoms. The van der Waals surface area contributed by atoms with Crippen LogP contribution in [-0.2, 0) is 14.9 Å². The van der Waals surface area contributed by atoms with Gasteiger partial charge in [-0.2, -0.15) is 0 Å². The molecule has 2 aromatic carbocycles. The summed E-state index contributed by atoms with van der Waals surface area (Å²) in [6.07, 6.45) is 5.80. The van der Waals surface area contributed by atoms with Crippen LogP contribution in [0.5, 0.6) is 11.5 Å². The normalized spacial score (nSPS) is 18.2. The lowest BCUT2D eigenvalue weighted by Crippen LogP contribution is -2.33. The second kappa shape index (κ2) is 9.15. The second-order valence-electron chi connectivity index (χ2n) is 9.39. The SMILES string of the molecule is CC(C)(C)c1ccc(/C=C/C(=O)Nc2ccc3c(c2)OC[C@@H](COCC2CC2)O3)cc1. The fourth-order valence-corrected chi connectivity index (χ4v) is 3.38. The molecule has 1 N–H and O–H groups in total. The number of benzene rings is 2. The van der Waals surface area contributed by atoms with E-state index < -0.39 is 0 Å². The van der Waals surface area contributed by atoms with Crippen LogP contribution < -0.4 is 14.8 Å². The molecule has 1 amide bonds. The first-order valence-corrected chi connectivity index (χ1v) is 11.0. The highest BCUT2D eigenvalue weighted by Gasteiger charge is 2.25. The highest BCUT2D eigenvalue weighted by atomic mass is 16.6. The average molecular weight is 422 g/mol. The molecule has 2 aliphatic rings. The standard InChI is InChI=1S/C26H31NO4/c1-26(2,3)20-9-6-18(7-10-20)8-13-25(28)27-21-11-12-23-24(14-21)30-17-22(31-23)16-29-15-19-4-5-19/h6-14,19,22H,4-5,15-17H2,1-3H3,(H,27,28)/b13-8+/t22-/m1/s1. The third-order valence-corrected chi connectivity index (χ3v) is 5.49. The van der Waals surface area contributed by atoms with Crippen molar-refractivity contribution < 1.29 is 19.0 Å². The molecule has 2 aromatic rings. The fourth-order valence-electron chi connectivity index (χ4n) is 3.38. The summed E-state index contributed by atoms with van der Waals surface area (Å²) in [5.41, 5.74) is 3.03. The fraction of sp³-hybridized carbons (Fsp3) is 0.423. The van der Waals surface area contributed by atoms with Crippen LogP contribution in [0.1, 0.15) is 44.7 Å². The third kappa shape index (κ3) is 6.11. The molecule has 164 valence electrons. The Morgan fingerprint density at radius 2 is 1.87 bits per heavy atom. The molecule has 0 spiro atoms. The van der Waals surface area contributed by atoms with Gasteiger partial charge in [0.2, 0.25) is 5.91 Å². The quantitative estimate of drug-likeness (QED) is 0.624. The van der Waals surface area contributed by atoms with Crippen LogP contribution in [0, 0.1) is 5.92 Å². The van der Waals surface area contributed by atoms with Crippen LogP contribution >= 0.6 is 0 Å². The van der Waals surface area contributed by atoms with E-state index in [2.05, 4.69) is 38.2 Å². The molecule has 1 heterocycles. The molecule has 0 radical (unpaired) electrons. The van der Waals surface area contributed by atoms with Gasteiger partial charge in [-0.1, -0.05) is 45.0 Å². The highest BCUT2D eigenvalue weighted by Crippen LogP contribution is 2.34. The van der Waals surface area contributed by atoms with E-state index in [9.17, 15) is 4.79 Å². The Labute approximate surface area is 184 Å². The Bertz CT molecular complexity index is 939. The van der Waals surface area contributed by atoms with Gasteiger partial charge in [0.05, 0.1) is 6.61 Å². The number of ether oxygens (including phenoxy) is 3. The van der Waals surface area contributed by atoms with Gasteiger partial charge in [-0.05, 0) is 53.5 Å². The van der Waals surface area contributed by atoms with Gasteiger partial charge in [-0.3, -0.25) is 4.79 Å². The molecule has 0 saturated heterocycles. The van der Waals surface area contributed by atoms with Gasteiger partial charge in [-0.25, -0.2) is 0 Å². The van der Waals surface area contributed by atoms with Crippen molar-refractivity contribution in [2.24, 2.45) is 5.92 Å². The molecule has 1 atom stereocenters. The minimum Gasteiger partial charge on any atom is -0.486 e. The molecule has 1 fully saturated rings. The summed E-state index contributed by atoms with van der Waals surface area (Å²) in [6, 6.07) is 13.7. The van der Waals surface area contributed by atoms with Crippen LogP contribution in [0.3, 0.4) is 0 Å². The maximum Gasteiger partial charge on any atom is 0.248 e. The average Bonchev–Trinajstić information content (AvgIpc) is 3.56. The molecule has 1 aliphatic carbocycles. The van der Waals surface area contributed by atoms with E-state index in [1.165, 1.54) is 24.5 Å². The van der Waals surface area contributed by atoms with Crippen molar-refractivity contribution >= 4 is 17.7 Å².